The van der Waals surface area contributed by atoms with Crippen LogP contribution in [0.5, 0.6) is 0 Å². The highest BCUT2D eigenvalue weighted by atomic mass is 16.4. The number of carbonyl (C=O) groups excluding carboxylic acids is 1. The fourth-order valence-corrected chi connectivity index (χ4v) is 2.25. The number of nitrogens with one attached hydrogen (secondary N) is 1. The molecule has 0 radical (unpaired) electrons. The fourth-order valence-electron chi connectivity index (χ4n) is 2.25. The molecule has 1 aliphatic heterocycles. The first-order valence-corrected chi connectivity index (χ1v) is 6.80. The monoisotopic (exact) mass is 266 g/mol. The number of carboxylic acids is 1. The topological polar surface area (TPSA) is 69.6 Å². The lowest BCUT2D eigenvalue weighted by Crippen LogP contribution is -2.47. The molecule has 1 atom stereocenters. The minimum atomic E-state index is -0.750. The highest BCUT2D eigenvalue weighted by molar-refractivity contribution is 5.75. The number of rotatable bonds is 5. The molecule has 2 amide bonds. The van der Waals surface area contributed by atoms with Crippen molar-refractivity contribution in [1.29, 1.82) is 0 Å². The van der Waals surface area contributed by atoms with Gasteiger partial charge in [-0.2, -0.15) is 0 Å². The van der Waals surface area contributed by atoms with Gasteiger partial charge >= 0.3 is 12.0 Å². The highest BCUT2D eigenvalue weighted by Gasteiger charge is 2.23. The van der Waals surface area contributed by atoms with Crippen LogP contribution in [-0.2, 0) is 4.79 Å². The third-order valence-corrected chi connectivity index (χ3v) is 3.58. The summed E-state index contributed by atoms with van der Waals surface area (Å²) in [6.07, 6.45) is 8.68. The Morgan fingerprint density at radius 2 is 2.11 bits per heavy atom. The number of aliphatic carboxylic acids is 1. The minimum absolute atomic E-state index is 0.110. The Morgan fingerprint density at radius 1 is 1.47 bits per heavy atom. The van der Waals surface area contributed by atoms with E-state index in [1.54, 1.807) is 4.90 Å². The Labute approximate surface area is 114 Å². The van der Waals surface area contributed by atoms with Crippen LogP contribution in [0, 0.1) is 18.3 Å². The molecule has 2 N–H and O–H groups in total. The number of terminal acetylenes is 1. The fraction of sp³-hybridized carbons (Fsp3) is 0.714. The normalized spacial score (nSPS) is 17.6. The van der Waals surface area contributed by atoms with Crippen LogP contribution < -0.4 is 5.32 Å². The second-order valence-corrected chi connectivity index (χ2v) is 4.94. The van der Waals surface area contributed by atoms with Crippen molar-refractivity contribution in [2.75, 3.05) is 13.1 Å². The van der Waals surface area contributed by atoms with E-state index in [9.17, 15) is 9.59 Å². The van der Waals surface area contributed by atoms with E-state index in [0.29, 0.717) is 25.4 Å². The van der Waals surface area contributed by atoms with Gasteiger partial charge in [-0.05, 0) is 31.6 Å². The van der Waals surface area contributed by atoms with Crippen molar-refractivity contribution in [3.05, 3.63) is 0 Å². The predicted octanol–water partition coefficient (Wildman–Crippen LogP) is 1.68. The molecule has 0 aromatic heterocycles. The predicted molar refractivity (Wildman–Crippen MR) is 72.6 cm³/mol. The minimum Gasteiger partial charge on any atom is -0.481 e. The number of hydrogen-bond acceptors (Lipinski definition) is 2. The molecule has 1 unspecified atom stereocenters. The zero-order valence-corrected chi connectivity index (χ0v) is 11.4. The van der Waals surface area contributed by atoms with Crippen LogP contribution in [0.4, 0.5) is 4.79 Å². The average molecular weight is 266 g/mol. The summed E-state index contributed by atoms with van der Waals surface area (Å²) in [6, 6.07) is -0.321. The van der Waals surface area contributed by atoms with E-state index in [0.717, 1.165) is 19.3 Å². The number of hydrogen-bond donors (Lipinski definition) is 2. The van der Waals surface area contributed by atoms with Gasteiger partial charge in [-0.1, -0.05) is 12.8 Å². The Hall–Kier alpha value is -1.70. The van der Waals surface area contributed by atoms with Crippen molar-refractivity contribution < 1.29 is 14.7 Å². The molecule has 0 saturated carbocycles. The van der Waals surface area contributed by atoms with Crippen LogP contribution in [-0.4, -0.2) is 41.1 Å². The van der Waals surface area contributed by atoms with Gasteiger partial charge in [-0.3, -0.25) is 4.79 Å². The first-order chi connectivity index (χ1) is 9.06. The molecular formula is C14H22N2O3. The molecule has 5 nitrogen and oxygen atoms in total. The number of piperidine rings is 1. The summed E-state index contributed by atoms with van der Waals surface area (Å²) in [7, 11) is 0. The van der Waals surface area contributed by atoms with E-state index in [1.165, 1.54) is 0 Å². The Balaban J connectivity index is 2.31. The second-order valence-electron chi connectivity index (χ2n) is 4.94. The third kappa shape index (κ3) is 5.21. The van der Waals surface area contributed by atoms with Gasteiger partial charge in [0.2, 0.25) is 0 Å². The number of carboxylic acid groups (broad SMARTS) is 1. The first-order valence-electron chi connectivity index (χ1n) is 6.80. The van der Waals surface area contributed by atoms with Crippen LogP contribution in [0.15, 0.2) is 0 Å². The lowest BCUT2D eigenvalue weighted by molar-refractivity contribution is -0.137. The molecule has 0 aromatic carbocycles. The molecule has 19 heavy (non-hydrogen) atoms. The van der Waals surface area contributed by atoms with Gasteiger partial charge in [0, 0.05) is 19.5 Å². The second kappa shape index (κ2) is 7.67. The van der Waals surface area contributed by atoms with E-state index in [4.69, 9.17) is 11.5 Å². The first kappa shape index (κ1) is 15.4. The summed E-state index contributed by atoms with van der Waals surface area (Å²) in [5.41, 5.74) is 0. The lowest BCUT2D eigenvalue weighted by atomic mass is 9.92. The van der Waals surface area contributed by atoms with Gasteiger partial charge in [0.25, 0.3) is 0 Å². The standard InChI is InChI=1S/C14H22N2O3/c1-3-12(4-2)15-14(19)16-9-7-11(8-10-16)5-6-13(17)18/h1,11-12H,4-10H2,2H3,(H,15,19)(H,17,18). The van der Waals surface area contributed by atoms with E-state index >= 15 is 0 Å². The molecule has 0 bridgehead atoms. The van der Waals surface area contributed by atoms with Crippen LogP contribution in [0.3, 0.4) is 0 Å². The average Bonchev–Trinajstić information content (AvgIpc) is 2.42. The van der Waals surface area contributed by atoms with Gasteiger partial charge < -0.3 is 15.3 Å². The largest absolute Gasteiger partial charge is 0.481 e. The molecule has 1 aliphatic rings. The van der Waals surface area contributed by atoms with E-state index in [2.05, 4.69) is 11.2 Å². The molecule has 0 aliphatic carbocycles. The summed E-state index contributed by atoms with van der Waals surface area (Å²) in [4.78, 5) is 24.2. The quantitative estimate of drug-likeness (QED) is 0.744. The van der Waals surface area contributed by atoms with Crippen molar-refractivity contribution >= 4 is 12.0 Å². The van der Waals surface area contributed by atoms with Gasteiger partial charge in [0.1, 0.15) is 0 Å². The summed E-state index contributed by atoms with van der Waals surface area (Å²) < 4.78 is 0. The number of amides is 2. The van der Waals surface area contributed by atoms with Gasteiger partial charge in [-0.25, -0.2) is 4.79 Å². The Morgan fingerprint density at radius 3 is 2.58 bits per heavy atom. The number of carbonyl (C=O) groups is 2. The molecule has 1 fully saturated rings. The van der Waals surface area contributed by atoms with Gasteiger partial charge in [0.15, 0.2) is 0 Å². The molecule has 106 valence electrons. The molecule has 0 aromatic rings. The molecule has 1 saturated heterocycles. The van der Waals surface area contributed by atoms with Gasteiger partial charge in [0.05, 0.1) is 6.04 Å². The van der Waals surface area contributed by atoms with E-state index < -0.39 is 5.97 Å². The zero-order chi connectivity index (χ0) is 14.3. The lowest BCUT2D eigenvalue weighted by Gasteiger charge is -2.32. The summed E-state index contributed by atoms with van der Waals surface area (Å²) >= 11 is 0. The van der Waals surface area contributed by atoms with E-state index in [-0.39, 0.29) is 18.5 Å². The highest BCUT2D eigenvalue weighted by Crippen LogP contribution is 2.21. The molecule has 1 heterocycles. The number of nitrogens with zero attached hydrogens (tertiary/aromatic N) is 1. The van der Waals surface area contributed by atoms with E-state index in [1.807, 2.05) is 6.92 Å². The van der Waals surface area contributed by atoms with Crippen molar-refractivity contribution in [2.45, 2.75) is 45.1 Å². The third-order valence-electron chi connectivity index (χ3n) is 3.58. The number of urea groups is 1. The smallest absolute Gasteiger partial charge is 0.318 e. The maximum Gasteiger partial charge on any atom is 0.318 e. The van der Waals surface area contributed by atoms with Crippen molar-refractivity contribution in [3.8, 4) is 12.3 Å². The summed E-state index contributed by atoms with van der Waals surface area (Å²) in [6.45, 7) is 3.29. The molecule has 1 rings (SSSR count). The maximum atomic E-state index is 11.9. The maximum absolute atomic E-state index is 11.9. The van der Waals surface area contributed by atoms with Crippen molar-refractivity contribution in [3.63, 3.8) is 0 Å². The SMILES string of the molecule is C#CC(CC)NC(=O)N1CCC(CCC(=O)O)CC1. The van der Waals surface area contributed by atoms with Crippen molar-refractivity contribution in [1.82, 2.24) is 10.2 Å². The molecule has 5 heteroatoms. The molecular weight excluding hydrogens is 244 g/mol. The Bertz CT molecular complexity index is 354. The van der Waals surface area contributed by atoms with Crippen molar-refractivity contribution in [2.24, 2.45) is 5.92 Å². The number of likely N-dealkylation sites (tertiary alicyclic amines) is 1. The zero-order valence-electron chi connectivity index (χ0n) is 11.4. The van der Waals surface area contributed by atoms with Crippen LogP contribution in [0.2, 0.25) is 0 Å². The summed E-state index contributed by atoms with van der Waals surface area (Å²) in [5.74, 6) is 2.20. The van der Waals surface area contributed by atoms with Gasteiger partial charge in [-0.15, -0.1) is 6.42 Å². The van der Waals surface area contributed by atoms with Crippen LogP contribution in [0.1, 0.15) is 39.0 Å². The Kier molecular flexibility index (Phi) is 6.20. The summed E-state index contributed by atoms with van der Waals surface area (Å²) in [5, 5.41) is 11.5. The van der Waals surface area contributed by atoms with Crippen LogP contribution in [0.25, 0.3) is 0 Å². The van der Waals surface area contributed by atoms with Crippen LogP contribution >= 0.6 is 0 Å². The molecule has 0 spiro atoms.